The number of anilines is 1. The number of aromatic nitrogens is 4. The lowest BCUT2D eigenvalue weighted by Crippen LogP contribution is -2.20. The largest absolute Gasteiger partial charge is 0.377 e. The fourth-order valence-corrected chi connectivity index (χ4v) is 3.11. The summed E-state index contributed by atoms with van der Waals surface area (Å²) in [6.45, 7) is 4.66. The molecule has 25 heavy (non-hydrogen) atoms. The van der Waals surface area contributed by atoms with Crippen LogP contribution in [0.2, 0.25) is 0 Å². The summed E-state index contributed by atoms with van der Waals surface area (Å²) in [5.74, 6) is 1.31. The zero-order valence-electron chi connectivity index (χ0n) is 14.4. The Morgan fingerprint density at radius 1 is 1.08 bits per heavy atom. The molecule has 4 aromatic rings. The van der Waals surface area contributed by atoms with Crippen molar-refractivity contribution in [1.29, 1.82) is 0 Å². The van der Waals surface area contributed by atoms with E-state index in [1.807, 2.05) is 28.7 Å². The molecular weight excluding hydrogens is 314 g/mol. The first kappa shape index (κ1) is 15.4. The number of rotatable bonds is 3. The number of benzene rings is 2. The Hall–Kier alpha value is -3.15. The van der Waals surface area contributed by atoms with Gasteiger partial charge in [-0.25, -0.2) is 0 Å². The Balaban J connectivity index is 1.83. The summed E-state index contributed by atoms with van der Waals surface area (Å²) in [7, 11) is 1.72. The third-order valence-electron chi connectivity index (χ3n) is 4.52. The minimum Gasteiger partial charge on any atom is -0.377 e. The highest BCUT2D eigenvalue weighted by Gasteiger charge is 2.14. The summed E-state index contributed by atoms with van der Waals surface area (Å²) in [5, 5.41) is 12.6. The summed E-state index contributed by atoms with van der Waals surface area (Å²) in [6, 6.07) is 13.9. The van der Waals surface area contributed by atoms with E-state index in [2.05, 4.69) is 47.6 Å². The van der Waals surface area contributed by atoms with E-state index < -0.39 is 0 Å². The molecule has 0 saturated carbocycles. The monoisotopic (exact) mass is 333 g/mol. The first-order chi connectivity index (χ1) is 12.1. The first-order valence-corrected chi connectivity index (χ1v) is 8.19. The van der Waals surface area contributed by atoms with E-state index >= 15 is 0 Å². The molecule has 0 bridgehead atoms. The van der Waals surface area contributed by atoms with Gasteiger partial charge < -0.3 is 5.32 Å². The molecule has 0 amide bonds. The fraction of sp³-hybridized carbons (Fsp3) is 0.211. The number of hydrogen-bond acceptors (Lipinski definition) is 4. The highest BCUT2D eigenvalue weighted by Crippen LogP contribution is 2.18. The van der Waals surface area contributed by atoms with Crippen LogP contribution < -0.4 is 10.9 Å². The molecule has 0 unspecified atom stereocenters. The molecule has 0 aliphatic carbocycles. The predicted octanol–water partition coefficient (Wildman–Crippen LogP) is 2.81. The van der Waals surface area contributed by atoms with Crippen LogP contribution in [0.1, 0.15) is 17.0 Å². The second-order valence-electron chi connectivity index (χ2n) is 6.30. The number of nitrogens with zero attached hydrogens (tertiary/aromatic N) is 4. The molecule has 0 atom stereocenters. The molecule has 0 radical (unpaired) electrons. The van der Waals surface area contributed by atoms with Crippen LogP contribution in [0.5, 0.6) is 0 Å². The maximum atomic E-state index is 12.5. The van der Waals surface area contributed by atoms with Gasteiger partial charge in [-0.05, 0) is 43.2 Å². The summed E-state index contributed by atoms with van der Waals surface area (Å²) in [4.78, 5) is 12.5. The van der Waals surface area contributed by atoms with E-state index in [1.54, 1.807) is 7.05 Å². The van der Waals surface area contributed by atoms with Gasteiger partial charge >= 0.3 is 0 Å². The maximum Gasteiger partial charge on any atom is 0.262 e. The highest BCUT2D eigenvalue weighted by atomic mass is 16.1. The van der Waals surface area contributed by atoms with Crippen LogP contribution in [-0.4, -0.2) is 19.2 Å². The van der Waals surface area contributed by atoms with E-state index in [0.717, 1.165) is 17.0 Å². The number of nitrogens with one attached hydrogen (secondary N) is 1. The molecular formula is C19H19N5O. The third-order valence-corrected chi connectivity index (χ3v) is 4.52. The van der Waals surface area contributed by atoms with Crippen molar-refractivity contribution in [3.8, 4) is 0 Å². The molecule has 0 saturated heterocycles. The average molecular weight is 333 g/mol. The van der Waals surface area contributed by atoms with Crippen LogP contribution in [0.15, 0.2) is 47.3 Å². The van der Waals surface area contributed by atoms with Crippen molar-refractivity contribution < 1.29 is 0 Å². The van der Waals surface area contributed by atoms with Crippen molar-refractivity contribution in [2.75, 3.05) is 5.32 Å². The van der Waals surface area contributed by atoms with Crippen molar-refractivity contribution in [3.05, 3.63) is 69.8 Å². The van der Waals surface area contributed by atoms with Crippen LogP contribution >= 0.6 is 0 Å². The van der Waals surface area contributed by atoms with Gasteiger partial charge in [0.25, 0.3) is 5.56 Å². The van der Waals surface area contributed by atoms with Crippen LogP contribution in [0.3, 0.4) is 0 Å². The van der Waals surface area contributed by atoms with Gasteiger partial charge in [0.15, 0.2) is 5.82 Å². The molecule has 0 aliphatic rings. The number of aryl methyl sites for hydroxylation is 3. The SMILES string of the molecule is Cc1ccc(C)c(NCc2nnc3n(C)c(=O)c4ccccc4n23)c1. The van der Waals surface area contributed by atoms with E-state index in [0.29, 0.717) is 17.7 Å². The molecule has 4 rings (SSSR count). The Labute approximate surface area is 144 Å². The molecule has 6 nitrogen and oxygen atoms in total. The van der Waals surface area contributed by atoms with Gasteiger partial charge in [-0.15, -0.1) is 10.2 Å². The van der Waals surface area contributed by atoms with Crippen LogP contribution in [0, 0.1) is 13.8 Å². The molecule has 2 aromatic heterocycles. The van der Waals surface area contributed by atoms with Gasteiger partial charge in [0.2, 0.25) is 5.78 Å². The Morgan fingerprint density at radius 3 is 2.72 bits per heavy atom. The van der Waals surface area contributed by atoms with Gasteiger partial charge in [0, 0.05) is 12.7 Å². The highest BCUT2D eigenvalue weighted by molar-refractivity contribution is 5.80. The van der Waals surface area contributed by atoms with Crippen molar-refractivity contribution in [2.45, 2.75) is 20.4 Å². The normalized spacial score (nSPS) is 11.3. The van der Waals surface area contributed by atoms with Gasteiger partial charge in [-0.1, -0.05) is 24.3 Å². The van der Waals surface area contributed by atoms with Gasteiger partial charge in [0.1, 0.15) is 0 Å². The van der Waals surface area contributed by atoms with Crippen molar-refractivity contribution in [3.63, 3.8) is 0 Å². The lowest BCUT2D eigenvalue weighted by Gasteiger charge is -2.11. The predicted molar refractivity (Wildman–Crippen MR) is 99.0 cm³/mol. The summed E-state index contributed by atoms with van der Waals surface area (Å²) < 4.78 is 3.48. The molecule has 2 aromatic carbocycles. The van der Waals surface area contributed by atoms with E-state index in [9.17, 15) is 4.79 Å². The van der Waals surface area contributed by atoms with Gasteiger partial charge in [-0.3, -0.25) is 13.8 Å². The van der Waals surface area contributed by atoms with Crippen molar-refractivity contribution in [1.82, 2.24) is 19.2 Å². The van der Waals surface area contributed by atoms with Gasteiger partial charge in [0.05, 0.1) is 17.4 Å². The molecule has 2 heterocycles. The quantitative estimate of drug-likeness (QED) is 0.626. The van der Waals surface area contributed by atoms with Crippen LogP contribution in [0.25, 0.3) is 16.7 Å². The van der Waals surface area contributed by atoms with Gasteiger partial charge in [-0.2, -0.15) is 0 Å². The van der Waals surface area contributed by atoms with Crippen LogP contribution in [-0.2, 0) is 13.6 Å². The molecule has 1 N–H and O–H groups in total. The fourth-order valence-electron chi connectivity index (χ4n) is 3.11. The molecule has 126 valence electrons. The maximum absolute atomic E-state index is 12.5. The van der Waals surface area contributed by atoms with E-state index in [4.69, 9.17) is 0 Å². The summed E-state index contributed by atoms with van der Waals surface area (Å²) >= 11 is 0. The minimum atomic E-state index is -0.0652. The van der Waals surface area contributed by atoms with Crippen LogP contribution in [0.4, 0.5) is 5.69 Å². The zero-order valence-corrected chi connectivity index (χ0v) is 14.4. The summed E-state index contributed by atoms with van der Waals surface area (Å²) in [5.41, 5.74) is 4.21. The summed E-state index contributed by atoms with van der Waals surface area (Å²) in [6.07, 6.45) is 0. The minimum absolute atomic E-state index is 0.0652. The first-order valence-electron chi connectivity index (χ1n) is 8.19. The van der Waals surface area contributed by atoms with Crippen molar-refractivity contribution in [2.24, 2.45) is 7.05 Å². The lowest BCUT2D eigenvalue weighted by molar-refractivity contribution is 0.855. The standard InChI is InChI=1S/C19H19N5O/c1-12-8-9-13(2)15(10-12)20-11-17-21-22-19-23(3)18(25)14-6-4-5-7-16(14)24(17)19/h4-10,20H,11H2,1-3H3. The molecule has 6 heteroatoms. The lowest BCUT2D eigenvalue weighted by atomic mass is 10.1. The number of para-hydroxylation sites is 1. The Morgan fingerprint density at radius 2 is 1.88 bits per heavy atom. The second-order valence-corrected chi connectivity index (χ2v) is 6.30. The second kappa shape index (κ2) is 5.73. The Kier molecular flexibility index (Phi) is 3.53. The zero-order chi connectivity index (χ0) is 17.6. The number of fused-ring (bicyclic) bond motifs is 3. The third kappa shape index (κ3) is 2.46. The molecule has 0 spiro atoms. The topological polar surface area (TPSA) is 64.2 Å². The van der Waals surface area contributed by atoms with Crippen molar-refractivity contribution >= 4 is 22.4 Å². The number of hydrogen-bond donors (Lipinski definition) is 1. The molecule has 0 fully saturated rings. The van der Waals surface area contributed by atoms with E-state index in [-0.39, 0.29) is 5.56 Å². The molecule has 0 aliphatic heterocycles. The Bertz CT molecular complexity index is 1160. The average Bonchev–Trinajstić information content (AvgIpc) is 3.05. The van der Waals surface area contributed by atoms with E-state index in [1.165, 1.54) is 15.7 Å². The smallest absolute Gasteiger partial charge is 0.262 e.